The van der Waals surface area contributed by atoms with Crippen LogP contribution in [0.2, 0.25) is 0 Å². The minimum absolute atomic E-state index is 0.0304. The van der Waals surface area contributed by atoms with Crippen LogP contribution in [0.15, 0.2) is 36.5 Å². The Labute approximate surface area is 172 Å². The molecule has 2 aromatic rings. The molecule has 1 fully saturated rings. The number of nitrogens with two attached hydrogens (primary N) is 1. The van der Waals surface area contributed by atoms with Crippen LogP contribution in [-0.2, 0) is 5.41 Å². The SMILES string of the molecule is CCC(CC)NC(=O)c1cccc2c1OCC21CCN(c2cc(N)ccn2)CC1. The molecule has 154 valence electrons. The lowest BCUT2D eigenvalue weighted by molar-refractivity contribution is 0.0931. The van der Waals surface area contributed by atoms with Gasteiger partial charge in [-0.05, 0) is 37.8 Å². The van der Waals surface area contributed by atoms with Crippen LogP contribution >= 0.6 is 0 Å². The summed E-state index contributed by atoms with van der Waals surface area (Å²) in [5.74, 6) is 1.66. The molecule has 0 aliphatic carbocycles. The summed E-state index contributed by atoms with van der Waals surface area (Å²) in [6, 6.07) is 9.93. The van der Waals surface area contributed by atoms with E-state index in [-0.39, 0.29) is 17.4 Å². The number of nitrogen functional groups attached to an aromatic ring is 1. The summed E-state index contributed by atoms with van der Waals surface area (Å²) in [7, 11) is 0. The number of carbonyl (C=O) groups excluding carboxylic acids is 1. The number of pyridine rings is 1. The van der Waals surface area contributed by atoms with Gasteiger partial charge in [-0.1, -0.05) is 26.0 Å². The number of carbonyl (C=O) groups is 1. The Kier molecular flexibility index (Phi) is 5.35. The number of amides is 1. The number of anilines is 2. The number of ether oxygens (including phenoxy) is 1. The molecule has 2 aliphatic rings. The highest BCUT2D eigenvalue weighted by atomic mass is 16.5. The molecule has 0 saturated carbocycles. The molecule has 6 nitrogen and oxygen atoms in total. The number of hydrogen-bond donors (Lipinski definition) is 2. The Morgan fingerprint density at radius 1 is 1.28 bits per heavy atom. The summed E-state index contributed by atoms with van der Waals surface area (Å²) in [4.78, 5) is 19.6. The lowest BCUT2D eigenvalue weighted by atomic mass is 9.74. The van der Waals surface area contributed by atoms with Crippen LogP contribution in [0.5, 0.6) is 5.75 Å². The Balaban J connectivity index is 1.53. The second kappa shape index (κ2) is 7.93. The highest BCUT2D eigenvalue weighted by molar-refractivity contribution is 5.98. The highest BCUT2D eigenvalue weighted by Crippen LogP contribution is 2.47. The van der Waals surface area contributed by atoms with Gasteiger partial charge in [0.25, 0.3) is 5.91 Å². The normalized spacial score (nSPS) is 17.3. The fourth-order valence-corrected chi connectivity index (χ4v) is 4.52. The van der Waals surface area contributed by atoms with Gasteiger partial charge >= 0.3 is 0 Å². The van der Waals surface area contributed by atoms with Crippen LogP contribution in [0.4, 0.5) is 11.5 Å². The third-order valence-corrected chi connectivity index (χ3v) is 6.46. The Morgan fingerprint density at radius 2 is 2.03 bits per heavy atom. The van der Waals surface area contributed by atoms with Crippen molar-refractivity contribution in [1.82, 2.24) is 10.3 Å². The van der Waals surface area contributed by atoms with Crippen LogP contribution in [-0.4, -0.2) is 36.6 Å². The van der Waals surface area contributed by atoms with E-state index in [2.05, 4.69) is 35.1 Å². The van der Waals surface area contributed by atoms with Crippen LogP contribution in [0.3, 0.4) is 0 Å². The maximum Gasteiger partial charge on any atom is 0.255 e. The van der Waals surface area contributed by atoms with Gasteiger partial charge in [0.2, 0.25) is 0 Å². The molecular formula is C23H30N4O2. The van der Waals surface area contributed by atoms with E-state index in [0.717, 1.165) is 56.0 Å². The molecule has 1 aromatic carbocycles. The summed E-state index contributed by atoms with van der Waals surface area (Å²) < 4.78 is 6.14. The molecule has 0 unspecified atom stereocenters. The lowest BCUT2D eigenvalue weighted by Gasteiger charge is -2.39. The Bertz CT molecular complexity index is 886. The first-order chi connectivity index (χ1) is 14.1. The van der Waals surface area contributed by atoms with Crippen molar-refractivity contribution in [3.63, 3.8) is 0 Å². The number of para-hydroxylation sites is 1. The molecule has 3 heterocycles. The average Bonchev–Trinajstić information content (AvgIpc) is 3.10. The maximum absolute atomic E-state index is 12.9. The topological polar surface area (TPSA) is 80.5 Å². The van der Waals surface area contributed by atoms with Gasteiger partial charge in [-0.2, -0.15) is 0 Å². The number of aromatic nitrogens is 1. The first-order valence-electron chi connectivity index (χ1n) is 10.6. The van der Waals surface area contributed by atoms with Crippen molar-refractivity contribution in [2.45, 2.75) is 51.0 Å². The molecular weight excluding hydrogens is 364 g/mol. The molecule has 0 atom stereocenters. The van der Waals surface area contributed by atoms with E-state index in [1.165, 1.54) is 5.56 Å². The predicted octanol–water partition coefficient (Wildman–Crippen LogP) is 3.51. The van der Waals surface area contributed by atoms with E-state index in [0.29, 0.717) is 12.2 Å². The molecule has 2 aliphatic heterocycles. The van der Waals surface area contributed by atoms with Gasteiger partial charge < -0.3 is 20.7 Å². The van der Waals surface area contributed by atoms with Crippen molar-refractivity contribution in [2.24, 2.45) is 0 Å². The zero-order chi connectivity index (χ0) is 20.4. The molecule has 0 bridgehead atoms. The highest BCUT2D eigenvalue weighted by Gasteiger charge is 2.44. The van der Waals surface area contributed by atoms with Crippen molar-refractivity contribution in [3.8, 4) is 5.75 Å². The minimum atomic E-state index is -0.0333. The smallest absolute Gasteiger partial charge is 0.255 e. The van der Waals surface area contributed by atoms with E-state index in [1.807, 2.05) is 24.3 Å². The van der Waals surface area contributed by atoms with E-state index in [1.54, 1.807) is 6.20 Å². The van der Waals surface area contributed by atoms with Crippen molar-refractivity contribution in [2.75, 3.05) is 30.3 Å². The quantitative estimate of drug-likeness (QED) is 0.811. The monoisotopic (exact) mass is 394 g/mol. The summed E-state index contributed by atoms with van der Waals surface area (Å²) in [5, 5.41) is 3.14. The van der Waals surface area contributed by atoms with E-state index in [9.17, 15) is 4.79 Å². The van der Waals surface area contributed by atoms with Gasteiger partial charge in [0.1, 0.15) is 11.6 Å². The van der Waals surface area contributed by atoms with Gasteiger partial charge in [-0.3, -0.25) is 4.79 Å². The first kappa shape index (κ1) is 19.6. The molecule has 6 heteroatoms. The van der Waals surface area contributed by atoms with Crippen LogP contribution in [0.1, 0.15) is 55.5 Å². The van der Waals surface area contributed by atoms with Gasteiger partial charge in [0, 0.05) is 48.1 Å². The summed E-state index contributed by atoms with van der Waals surface area (Å²) in [6.07, 6.45) is 5.54. The second-order valence-electron chi connectivity index (χ2n) is 8.17. The third-order valence-electron chi connectivity index (χ3n) is 6.46. The Morgan fingerprint density at radius 3 is 2.72 bits per heavy atom. The summed E-state index contributed by atoms with van der Waals surface area (Å²) in [6.45, 7) is 6.61. The number of nitrogens with one attached hydrogen (secondary N) is 1. The summed E-state index contributed by atoms with van der Waals surface area (Å²) >= 11 is 0. The van der Waals surface area contributed by atoms with Gasteiger partial charge in [-0.15, -0.1) is 0 Å². The number of hydrogen-bond acceptors (Lipinski definition) is 5. The predicted molar refractivity (Wildman–Crippen MR) is 116 cm³/mol. The fourth-order valence-electron chi connectivity index (χ4n) is 4.52. The molecule has 4 rings (SSSR count). The number of rotatable bonds is 5. The minimum Gasteiger partial charge on any atom is -0.492 e. The largest absolute Gasteiger partial charge is 0.492 e. The molecule has 0 radical (unpaired) electrons. The lowest BCUT2D eigenvalue weighted by Crippen LogP contribution is -2.44. The maximum atomic E-state index is 12.9. The van der Waals surface area contributed by atoms with Crippen LogP contribution in [0, 0.1) is 0 Å². The van der Waals surface area contributed by atoms with Gasteiger partial charge in [-0.25, -0.2) is 4.98 Å². The van der Waals surface area contributed by atoms with Crippen molar-refractivity contribution >= 4 is 17.4 Å². The second-order valence-corrected chi connectivity index (χ2v) is 8.17. The zero-order valence-corrected chi connectivity index (χ0v) is 17.3. The number of benzene rings is 1. The van der Waals surface area contributed by atoms with Crippen molar-refractivity contribution in [1.29, 1.82) is 0 Å². The van der Waals surface area contributed by atoms with Gasteiger partial charge in [0.15, 0.2) is 0 Å². The fraction of sp³-hybridized carbons (Fsp3) is 0.478. The summed E-state index contributed by atoms with van der Waals surface area (Å²) in [5.41, 5.74) is 8.46. The molecule has 1 aromatic heterocycles. The van der Waals surface area contributed by atoms with Crippen molar-refractivity contribution in [3.05, 3.63) is 47.7 Å². The number of piperidine rings is 1. The number of fused-ring (bicyclic) bond motifs is 2. The first-order valence-corrected chi connectivity index (χ1v) is 10.6. The zero-order valence-electron chi connectivity index (χ0n) is 17.3. The van der Waals surface area contributed by atoms with Crippen LogP contribution in [0.25, 0.3) is 0 Å². The Hall–Kier alpha value is -2.76. The standard InChI is InChI=1S/C23H30N4O2/c1-3-17(4-2)26-22(28)18-6-5-7-19-21(18)29-15-23(19)9-12-27(13-10-23)20-14-16(24)8-11-25-20/h5-8,11,14,17H,3-4,9-10,12-13,15H2,1-2H3,(H2,24,25)(H,26,28). The molecule has 1 saturated heterocycles. The van der Waals surface area contributed by atoms with E-state index < -0.39 is 0 Å². The van der Waals surface area contributed by atoms with Crippen molar-refractivity contribution < 1.29 is 9.53 Å². The molecule has 1 amide bonds. The van der Waals surface area contributed by atoms with E-state index in [4.69, 9.17) is 10.5 Å². The van der Waals surface area contributed by atoms with E-state index >= 15 is 0 Å². The van der Waals surface area contributed by atoms with Gasteiger partial charge in [0.05, 0.1) is 12.2 Å². The number of nitrogens with zero attached hydrogens (tertiary/aromatic N) is 2. The molecule has 3 N–H and O–H groups in total. The molecule has 29 heavy (non-hydrogen) atoms. The third kappa shape index (κ3) is 3.63. The van der Waals surface area contributed by atoms with Crippen LogP contribution < -0.4 is 20.7 Å². The molecule has 1 spiro atoms. The average molecular weight is 395 g/mol.